The maximum atomic E-state index is 16.4. The number of aliphatic hydroxyl groups is 5. The van der Waals surface area contributed by atoms with Crippen molar-refractivity contribution in [3.8, 4) is 57.1 Å². The second-order valence-electron chi connectivity index (χ2n) is 32.8. The van der Waals surface area contributed by atoms with Gasteiger partial charge in [-0.3, -0.25) is 33.6 Å². The zero-order valence-corrected chi connectivity index (χ0v) is 72.4. The van der Waals surface area contributed by atoms with Crippen molar-refractivity contribution >= 4 is 86.6 Å². The molecule has 8 heterocycles. The van der Waals surface area contributed by atoms with Gasteiger partial charge in [-0.1, -0.05) is 106 Å². The highest BCUT2D eigenvalue weighted by molar-refractivity contribution is 7.89. The predicted molar refractivity (Wildman–Crippen MR) is 452 cm³/mol. The molecule has 11 bridgehead atoms. The van der Waals surface area contributed by atoms with Crippen LogP contribution in [-0.4, -0.2) is 213 Å². The normalized spacial score (nSPS) is 26.3. The first kappa shape index (κ1) is 95.3. The van der Waals surface area contributed by atoms with E-state index >= 15 is 24.0 Å². The zero-order valence-electron chi connectivity index (χ0n) is 70.1. The van der Waals surface area contributed by atoms with Crippen LogP contribution >= 0.6 is 23.2 Å². The standard InChI is InChI=1S/C86H105Cl2N11O27S/c1-7-8-9-12-15-41-16-21-46(22-17-41)127(118,119)92-27-14-11-10-13-26-91-37-49-55(102)34-48-63(71(49)106)47-29-42(18-23-54(47)101)64-79(111)98-68(82(114)96-66(48)83(115)116)70(105)44-20-25-57(51(88)31-44)122-59-33-45-32-58(74(59)125-84-75(73(108)72(107)60(38-100)123-84)124-62-36-86(5)76(40(4)120-62)126-85(117)99-86)121-56-24-19-43(30-50(56)87)69(104)67(97-77(109)52(90-6)28-39(2)3)81(113)93-53(35-61(89)103)78(110)94-65(45)80(112)95-64/h16-25,29-34,39-40,52-53,60,62,64-70,72-73,75-76,84,90-92,100-102,104-108H,7-15,26-28,35-38H2,1-6H3,(H2,89,103)(H,93,113)(H,94,110)(H,95,112)(H,96,114)(H,97,109)(H,98,111)(H,99,117)(H,115,116)/t40-,52+,53-,60+,62-,64+,65+,66-,67+,68-,69+,70+,72+,73-,75+,76+,84-,86-/m0/s1. The summed E-state index contributed by atoms with van der Waals surface area (Å²) in [5.41, 5.74) is 2.37. The molecule has 8 aliphatic heterocycles. The number of halogens is 2. The molecule has 0 spiro atoms. The van der Waals surface area contributed by atoms with Crippen LogP contribution < -0.4 is 72.5 Å². The topological polar surface area (TPSA) is 581 Å². The van der Waals surface area contributed by atoms with Gasteiger partial charge in [-0.2, -0.15) is 0 Å². The molecule has 8 aliphatic rings. The number of sulfonamides is 1. The van der Waals surface area contributed by atoms with E-state index in [0.29, 0.717) is 25.7 Å². The smallest absolute Gasteiger partial charge is 0.408 e. The van der Waals surface area contributed by atoms with E-state index in [0.717, 1.165) is 98.3 Å². The number of carbonyl (C=O) groups is 9. The molecule has 21 N–H and O–H groups in total. The van der Waals surface area contributed by atoms with E-state index in [1.807, 2.05) is 26.0 Å². The lowest BCUT2D eigenvalue weighted by molar-refractivity contribution is -0.332. The van der Waals surface area contributed by atoms with Gasteiger partial charge in [0.15, 0.2) is 36.0 Å². The number of nitrogens with one attached hydrogen (secondary N) is 10. The first-order valence-corrected chi connectivity index (χ1v) is 43.9. The number of carboxylic acid groups (broad SMARTS) is 1. The first-order chi connectivity index (χ1) is 60.4. The molecule has 18 atom stereocenters. The Balaban J connectivity index is 0.970. The number of aryl methyl sites for hydroxylation is 1. The predicted octanol–water partition coefficient (Wildman–Crippen LogP) is 4.65. The van der Waals surface area contributed by atoms with Crippen molar-refractivity contribution in [3.05, 3.63) is 146 Å². The van der Waals surface area contributed by atoms with Gasteiger partial charge < -0.3 is 133 Å². The third-order valence-corrected chi connectivity index (χ3v) is 25.1. The fraction of sp³-hybridized carbons (Fsp3) is 0.477. The number of rotatable bonds is 29. The molecule has 6 aromatic carbocycles. The number of primary amides is 1. The summed E-state index contributed by atoms with van der Waals surface area (Å²) in [6.45, 7) is 8.02. The van der Waals surface area contributed by atoms with Gasteiger partial charge in [-0.15, -0.1) is 0 Å². The van der Waals surface area contributed by atoms with E-state index < -0.39 is 259 Å². The summed E-state index contributed by atoms with van der Waals surface area (Å²) in [6.07, 6.45) is -11.8. The average Bonchev–Trinajstić information content (AvgIpc) is 1.68. The third kappa shape index (κ3) is 22.0. The molecule has 3 saturated heterocycles. The number of ether oxygens (including phenoxy) is 7. The zero-order chi connectivity index (χ0) is 91.8. The minimum Gasteiger partial charge on any atom is -0.507 e. The molecule has 0 saturated carbocycles. The molecule has 127 heavy (non-hydrogen) atoms. The molecule has 0 unspecified atom stereocenters. The number of likely N-dealkylation sites (N-methyl/N-ethyl adjacent to an activating group) is 1. The van der Waals surface area contributed by atoms with E-state index in [1.165, 1.54) is 19.2 Å². The van der Waals surface area contributed by atoms with Crippen LogP contribution in [0, 0.1) is 5.92 Å². The number of phenolic OH excluding ortho intramolecular Hbond substituents is 3. The van der Waals surface area contributed by atoms with E-state index in [-0.39, 0.29) is 70.8 Å². The number of benzene rings is 6. The number of fused-ring (bicyclic) bond motifs is 16. The van der Waals surface area contributed by atoms with Gasteiger partial charge in [0, 0.05) is 36.2 Å². The number of amides is 8. The number of carbonyl (C=O) groups excluding carboxylic acids is 8. The van der Waals surface area contributed by atoms with Crippen molar-refractivity contribution in [3.63, 3.8) is 0 Å². The largest absolute Gasteiger partial charge is 0.507 e. The first-order valence-electron chi connectivity index (χ1n) is 41.7. The monoisotopic (exact) mass is 1830 g/mol. The molecule has 3 fully saturated rings. The molecule has 41 heteroatoms. The summed E-state index contributed by atoms with van der Waals surface area (Å²) in [6, 6.07) is 5.07. The molecule has 8 amide bonds. The summed E-state index contributed by atoms with van der Waals surface area (Å²) < 4.78 is 73.6. The number of carboxylic acids is 1. The Bertz CT molecular complexity index is 5230. The molecular weight excluding hydrogens is 1720 g/mol. The second kappa shape index (κ2) is 41.1. The van der Waals surface area contributed by atoms with E-state index in [1.54, 1.807) is 26.0 Å². The Morgan fingerprint density at radius 1 is 0.693 bits per heavy atom. The highest BCUT2D eigenvalue weighted by Gasteiger charge is 2.56. The quantitative estimate of drug-likeness (QED) is 0.0284. The molecule has 0 radical (unpaired) electrons. The fourth-order valence-corrected chi connectivity index (χ4v) is 17.8. The number of nitrogens with two attached hydrogens (primary N) is 1. The van der Waals surface area contributed by atoms with Crippen LogP contribution in [0.4, 0.5) is 4.79 Å². The van der Waals surface area contributed by atoms with Crippen molar-refractivity contribution < 1.29 is 131 Å². The van der Waals surface area contributed by atoms with Crippen molar-refractivity contribution in [2.24, 2.45) is 11.7 Å². The highest BCUT2D eigenvalue weighted by Crippen LogP contribution is 2.51. The Hall–Kier alpha value is -10.8. The summed E-state index contributed by atoms with van der Waals surface area (Å²) in [7, 11) is -2.33. The Kier molecular flexibility index (Phi) is 30.9. The third-order valence-electron chi connectivity index (χ3n) is 23.0. The molecule has 0 aliphatic carbocycles. The number of hydrogen-bond donors (Lipinski definition) is 20. The number of alkyl carbamates (subject to hydrolysis) is 1. The lowest BCUT2D eigenvalue weighted by atomic mass is 9.86. The Labute approximate surface area is 740 Å². The molecule has 0 aromatic heterocycles. The molecular formula is C86H105Cl2N11O27S. The Morgan fingerprint density at radius 3 is 1.95 bits per heavy atom. The molecule has 686 valence electrons. The minimum atomic E-state index is -3.80. The van der Waals surface area contributed by atoms with E-state index in [9.17, 15) is 73.6 Å². The van der Waals surface area contributed by atoms with Gasteiger partial charge >= 0.3 is 12.1 Å². The maximum absolute atomic E-state index is 16.4. The van der Waals surface area contributed by atoms with Crippen molar-refractivity contribution in [1.82, 2.24) is 52.6 Å². The number of aromatic hydroxyl groups is 3. The van der Waals surface area contributed by atoms with Gasteiger partial charge in [0.1, 0.15) is 89.5 Å². The van der Waals surface area contributed by atoms with Crippen molar-refractivity contribution in [1.29, 1.82) is 0 Å². The van der Waals surface area contributed by atoms with Crippen LogP contribution in [0.25, 0.3) is 11.1 Å². The summed E-state index contributed by atoms with van der Waals surface area (Å²) in [5.74, 6) is -16.3. The minimum absolute atomic E-state index is 0.119. The van der Waals surface area contributed by atoms with Crippen LogP contribution in [0.15, 0.2) is 102 Å². The molecule has 14 rings (SSSR count). The van der Waals surface area contributed by atoms with Crippen LogP contribution in [0.2, 0.25) is 10.0 Å². The van der Waals surface area contributed by atoms with Gasteiger partial charge in [-0.05, 0) is 160 Å². The van der Waals surface area contributed by atoms with Crippen LogP contribution in [0.5, 0.6) is 46.0 Å². The maximum Gasteiger partial charge on any atom is 0.408 e. The van der Waals surface area contributed by atoms with Crippen LogP contribution in [0.1, 0.15) is 175 Å². The van der Waals surface area contributed by atoms with Gasteiger partial charge in [0.2, 0.25) is 63.4 Å². The van der Waals surface area contributed by atoms with Gasteiger partial charge in [0.25, 0.3) is 0 Å². The van der Waals surface area contributed by atoms with Gasteiger partial charge in [0.05, 0.1) is 51.2 Å². The van der Waals surface area contributed by atoms with Gasteiger partial charge in [-0.25, -0.2) is 22.7 Å². The number of aliphatic carboxylic acids is 1. The molecule has 6 aromatic rings. The number of phenols is 3. The highest BCUT2D eigenvalue weighted by atomic mass is 35.5. The van der Waals surface area contributed by atoms with Crippen LogP contribution in [0.3, 0.4) is 0 Å². The summed E-state index contributed by atoms with van der Waals surface area (Å²) in [4.78, 5) is 132. The number of unbranched alkanes of at least 4 members (excludes halogenated alkanes) is 6. The average molecular weight is 1830 g/mol. The Morgan fingerprint density at radius 2 is 1.32 bits per heavy atom. The number of aliphatic hydroxyl groups excluding tert-OH is 5. The van der Waals surface area contributed by atoms with Crippen LogP contribution in [-0.2, 0) is 80.3 Å². The lowest BCUT2D eigenvalue weighted by Crippen LogP contribution is -2.63. The van der Waals surface area contributed by atoms with Crippen molar-refractivity contribution in [2.45, 2.75) is 232 Å². The fourth-order valence-electron chi connectivity index (χ4n) is 16.2. The van der Waals surface area contributed by atoms with E-state index in [4.69, 9.17) is 62.1 Å². The lowest BCUT2D eigenvalue weighted by Gasteiger charge is -2.46. The van der Waals surface area contributed by atoms with Crippen molar-refractivity contribution in [2.75, 3.05) is 26.7 Å². The number of hydrogen-bond acceptors (Lipinski definition) is 28. The summed E-state index contributed by atoms with van der Waals surface area (Å²) in [5, 5.41) is 130. The summed E-state index contributed by atoms with van der Waals surface area (Å²) >= 11 is 14.3. The van der Waals surface area contributed by atoms with E-state index in [2.05, 4.69) is 59.5 Å². The molecule has 38 nitrogen and oxygen atoms in total. The second-order valence-corrected chi connectivity index (χ2v) is 35.4. The SMILES string of the molecule is CCCCCCc1ccc(S(=O)(=O)NCCCCCCNCc2c(O)cc3c(c2O)-c2cc(ccc2O)[C@H]2NC(=O)[C@@H]4NC(=O)[C@H](CC(N)=O)NC(=O)[C@H](NC(=O)[C@@H](CC(C)C)NC)[C@H](O)c5ccc(c(Cl)c5)Oc5cc4cc(c5O[C@@H]4O[C@H](CO)[C@@H](O)[C@H](O)[C@H]4O[C@H]4C[C@]5(C)NC(=O)O[C@@H]5[C@H](C)O4)Oc4ccc(cc4Cl)[C@@H](O)[C@H](NC2=O)C(=O)N[C@@H]3C(=O)O)cc1.